The Bertz CT molecular complexity index is 1760. The van der Waals surface area contributed by atoms with E-state index in [9.17, 15) is 24.6 Å². The van der Waals surface area contributed by atoms with Gasteiger partial charge < -0.3 is 25.6 Å². The Morgan fingerprint density at radius 1 is 0.836 bits per heavy atom. The summed E-state index contributed by atoms with van der Waals surface area (Å²) in [5, 5.41) is 27.0. The Morgan fingerprint density at radius 3 is 2.42 bits per heavy atom. The zero-order valence-corrected chi connectivity index (χ0v) is 33.6. The van der Waals surface area contributed by atoms with Gasteiger partial charge in [0.05, 0.1) is 26.0 Å². The predicted molar refractivity (Wildman–Crippen MR) is 215 cm³/mol. The minimum absolute atomic E-state index is 0.0336. The average molecular weight is 751 g/mol. The molecule has 5 aliphatic carbocycles. The molecule has 0 bridgehead atoms. The number of hydrogen-bond acceptors (Lipinski definition) is 5. The standard InChI is InChI=1S/C46H63BN2O6/c1-43(2)37-16-20-44(3)34-15-22-46(19-6-10-35(46)32(34)12-14-38(44)45(37,4)21-17-39(43)50)42(54)48-24-18-29-8-5-9-31(26-29)40(51)49-28-30-11-13-36(55-25-7-23-47)33(27-30)41(52)53/h5,8-9,11,13,26-27,32,34-35,37-39,50H,6-7,10,12,14-25,28H2,1-4H3,(H,48,54)(H,49,51)(H,52,53). The number of fused-ring (bicyclic) bond motifs is 7. The number of benzene rings is 2. The zero-order chi connectivity index (χ0) is 39.2. The van der Waals surface area contributed by atoms with Crippen molar-refractivity contribution in [3.8, 4) is 5.75 Å². The second kappa shape index (κ2) is 15.5. The molecular weight excluding hydrogens is 687 g/mol. The second-order valence-corrected chi connectivity index (χ2v) is 19.1. The molecule has 9 unspecified atom stereocenters. The van der Waals surface area contributed by atoms with Crippen molar-refractivity contribution in [2.75, 3.05) is 13.2 Å². The number of carboxylic acids is 1. The molecule has 4 N–H and O–H groups in total. The van der Waals surface area contributed by atoms with E-state index in [4.69, 9.17) is 12.6 Å². The van der Waals surface area contributed by atoms with Crippen molar-refractivity contribution in [2.45, 2.75) is 130 Å². The molecular formula is C46H63BN2O6. The summed E-state index contributed by atoms with van der Waals surface area (Å²) in [5.41, 5.74) is 2.50. The number of carbonyl (C=O) groups excluding carboxylic acids is 2. The largest absolute Gasteiger partial charge is 0.493 e. The van der Waals surface area contributed by atoms with Gasteiger partial charge in [0.15, 0.2) is 0 Å². The van der Waals surface area contributed by atoms with Gasteiger partial charge in [-0.25, -0.2) is 4.79 Å². The van der Waals surface area contributed by atoms with E-state index < -0.39 is 5.97 Å². The number of hydrogen-bond donors (Lipinski definition) is 4. The maximum atomic E-state index is 14.3. The molecule has 5 saturated carbocycles. The van der Waals surface area contributed by atoms with Gasteiger partial charge in [-0.3, -0.25) is 9.59 Å². The average Bonchev–Trinajstić information content (AvgIpc) is 3.62. The number of amides is 2. The molecule has 7 rings (SSSR count). The van der Waals surface area contributed by atoms with Crippen LogP contribution in [0.4, 0.5) is 0 Å². The summed E-state index contributed by atoms with van der Waals surface area (Å²) < 4.78 is 5.59. The van der Waals surface area contributed by atoms with Gasteiger partial charge in [-0.2, -0.15) is 0 Å². The van der Waals surface area contributed by atoms with E-state index >= 15 is 0 Å². The first-order chi connectivity index (χ1) is 26.2. The molecule has 0 heterocycles. The van der Waals surface area contributed by atoms with Crippen LogP contribution in [0.25, 0.3) is 0 Å². The fourth-order valence-electron chi connectivity index (χ4n) is 13.5. The molecule has 5 fully saturated rings. The second-order valence-electron chi connectivity index (χ2n) is 19.1. The van der Waals surface area contributed by atoms with E-state index in [1.165, 1.54) is 31.7 Å². The van der Waals surface area contributed by atoms with Crippen molar-refractivity contribution in [3.63, 3.8) is 0 Å². The number of nitrogens with one attached hydrogen (secondary N) is 2. The third-order valence-corrected chi connectivity index (χ3v) is 16.2. The van der Waals surface area contributed by atoms with Crippen LogP contribution >= 0.6 is 0 Å². The van der Waals surface area contributed by atoms with E-state index in [0.29, 0.717) is 78.4 Å². The summed E-state index contributed by atoms with van der Waals surface area (Å²) in [6.07, 6.45) is 14.0. The lowest BCUT2D eigenvalue weighted by Crippen LogP contribution is -2.63. The van der Waals surface area contributed by atoms with Gasteiger partial charge in [-0.1, -0.05) is 58.6 Å². The summed E-state index contributed by atoms with van der Waals surface area (Å²) in [5.74, 6) is 2.19. The Hall–Kier alpha value is -3.33. The first-order valence-electron chi connectivity index (χ1n) is 21.3. The molecule has 296 valence electrons. The van der Waals surface area contributed by atoms with Gasteiger partial charge in [0.2, 0.25) is 5.91 Å². The molecule has 2 radical (unpaired) electrons. The molecule has 55 heavy (non-hydrogen) atoms. The lowest BCUT2D eigenvalue weighted by molar-refractivity contribution is -0.214. The van der Waals surface area contributed by atoms with Crippen LogP contribution in [0.2, 0.25) is 6.32 Å². The Labute approximate surface area is 329 Å². The topological polar surface area (TPSA) is 125 Å². The van der Waals surface area contributed by atoms with Gasteiger partial charge in [0, 0.05) is 18.7 Å². The molecule has 2 aromatic carbocycles. The normalized spacial score (nSPS) is 34.6. The first kappa shape index (κ1) is 39.9. The van der Waals surface area contributed by atoms with Gasteiger partial charge >= 0.3 is 5.97 Å². The number of carboxylic acid groups (broad SMARTS) is 1. The van der Waals surface area contributed by atoms with Gasteiger partial charge in [0.1, 0.15) is 11.3 Å². The number of carbonyl (C=O) groups is 3. The molecule has 0 saturated heterocycles. The molecule has 9 atom stereocenters. The minimum Gasteiger partial charge on any atom is -0.493 e. The highest BCUT2D eigenvalue weighted by atomic mass is 16.5. The maximum Gasteiger partial charge on any atom is 0.339 e. The van der Waals surface area contributed by atoms with Crippen LogP contribution < -0.4 is 15.4 Å². The predicted octanol–water partition coefficient (Wildman–Crippen LogP) is 8.16. The van der Waals surface area contributed by atoms with Crippen molar-refractivity contribution in [3.05, 3.63) is 64.7 Å². The van der Waals surface area contributed by atoms with E-state index in [1.54, 1.807) is 18.2 Å². The number of ether oxygens (including phenoxy) is 1. The van der Waals surface area contributed by atoms with Crippen LogP contribution in [-0.2, 0) is 17.8 Å². The molecule has 0 aliphatic heterocycles. The summed E-state index contributed by atoms with van der Waals surface area (Å²) in [7, 11) is 5.52. The lowest BCUT2D eigenvalue weighted by Gasteiger charge is -2.69. The third-order valence-electron chi connectivity index (χ3n) is 16.2. The molecule has 2 aromatic rings. The van der Waals surface area contributed by atoms with Crippen LogP contribution in [0.15, 0.2) is 42.5 Å². The number of aliphatic hydroxyl groups excluding tert-OH is 1. The number of rotatable bonds is 12. The number of aliphatic hydroxyl groups is 1. The van der Waals surface area contributed by atoms with Gasteiger partial charge in [-0.15, -0.1) is 0 Å². The summed E-state index contributed by atoms with van der Waals surface area (Å²) in [4.78, 5) is 39.3. The molecule has 0 aromatic heterocycles. The Morgan fingerprint density at radius 2 is 1.64 bits per heavy atom. The van der Waals surface area contributed by atoms with E-state index in [2.05, 4.69) is 38.3 Å². The fourth-order valence-corrected chi connectivity index (χ4v) is 13.5. The third kappa shape index (κ3) is 7.14. The number of aromatic carboxylic acids is 1. The van der Waals surface area contributed by atoms with Gasteiger partial charge in [0.25, 0.3) is 5.91 Å². The molecule has 9 heteroatoms. The highest BCUT2D eigenvalue weighted by molar-refractivity contribution is 6.08. The van der Waals surface area contributed by atoms with E-state index in [1.807, 2.05) is 18.2 Å². The highest BCUT2D eigenvalue weighted by Crippen LogP contribution is 2.73. The van der Waals surface area contributed by atoms with Crippen molar-refractivity contribution in [2.24, 2.45) is 51.2 Å². The first-order valence-corrected chi connectivity index (χ1v) is 21.3. The molecule has 0 spiro atoms. The van der Waals surface area contributed by atoms with Crippen molar-refractivity contribution in [1.82, 2.24) is 10.6 Å². The Kier molecular flexibility index (Phi) is 11.3. The van der Waals surface area contributed by atoms with Crippen molar-refractivity contribution in [1.29, 1.82) is 0 Å². The summed E-state index contributed by atoms with van der Waals surface area (Å²) in [6, 6.07) is 12.4. The van der Waals surface area contributed by atoms with Gasteiger partial charge in [-0.05, 0) is 158 Å². The summed E-state index contributed by atoms with van der Waals surface area (Å²) in [6.45, 7) is 10.9. The smallest absolute Gasteiger partial charge is 0.339 e. The van der Waals surface area contributed by atoms with Crippen LogP contribution in [-0.4, -0.2) is 55.1 Å². The van der Waals surface area contributed by atoms with Crippen LogP contribution in [0.1, 0.15) is 137 Å². The molecule has 8 nitrogen and oxygen atoms in total. The molecule has 5 aliphatic rings. The highest BCUT2D eigenvalue weighted by Gasteiger charge is 2.67. The van der Waals surface area contributed by atoms with Crippen LogP contribution in [0.5, 0.6) is 5.75 Å². The maximum absolute atomic E-state index is 14.3. The Balaban J connectivity index is 0.948. The van der Waals surface area contributed by atoms with Crippen molar-refractivity contribution >= 4 is 25.6 Å². The molecule has 2 amide bonds. The zero-order valence-electron chi connectivity index (χ0n) is 33.6. The van der Waals surface area contributed by atoms with Crippen LogP contribution in [0, 0.1) is 51.2 Å². The van der Waals surface area contributed by atoms with Crippen molar-refractivity contribution < 1.29 is 29.3 Å². The van der Waals surface area contributed by atoms with E-state index in [0.717, 1.165) is 50.5 Å². The SMILES string of the molecule is [B]CCCOc1ccc(CNC(=O)c2cccc(CCNC(=O)C34CCCC3C3CCC5C(C)(CCC6C(C)(C)C(O)CCC65C)C3CC4)c2)cc1C(=O)O. The minimum atomic E-state index is -1.09. The monoisotopic (exact) mass is 750 g/mol. The fraction of sp³-hybridized carbons (Fsp3) is 0.674. The van der Waals surface area contributed by atoms with E-state index in [-0.39, 0.29) is 52.0 Å². The quantitative estimate of drug-likeness (QED) is 0.128. The van der Waals surface area contributed by atoms with Crippen LogP contribution in [0.3, 0.4) is 0 Å². The summed E-state index contributed by atoms with van der Waals surface area (Å²) >= 11 is 0. The lowest BCUT2D eigenvalue weighted by atomic mass is 9.36.